The average molecular weight is 371 g/mol. The predicted octanol–water partition coefficient (Wildman–Crippen LogP) is 3.38. The maximum atomic E-state index is 12.6. The lowest BCUT2D eigenvalue weighted by Gasteiger charge is -2.25. The van der Waals surface area contributed by atoms with E-state index < -0.39 is 30.0 Å². The Kier molecular flexibility index (Phi) is 11.0. The molecular weight excluding hydrogens is 332 g/mol. The summed E-state index contributed by atoms with van der Waals surface area (Å²) in [6.45, 7) is 13.0. The average Bonchev–Trinajstić information content (AvgIpc) is 2.62. The second kappa shape index (κ2) is 11.5. The van der Waals surface area contributed by atoms with Crippen LogP contribution in [0.15, 0.2) is 11.6 Å². The molecule has 0 spiro atoms. The fraction of sp³-hybridized carbons (Fsp3) is 0.810. The molecule has 0 amide bonds. The molecule has 2 N–H and O–H groups in total. The van der Waals surface area contributed by atoms with Gasteiger partial charge in [-0.3, -0.25) is 9.59 Å². The number of hydrogen-bond acceptors (Lipinski definition) is 5. The van der Waals surface area contributed by atoms with E-state index in [0.717, 1.165) is 12.0 Å². The van der Waals surface area contributed by atoms with Crippen molar-refractivity contribution in [3.63, 3.8) is 0 Å². The van der Waals surface area contributed by atoms with Gasteiger partial charge in [0.05, 0.1) is 25.2 Å². The Balaban J connectivity index is 4.88. The van der Waals surface area contributed by atoms with Gasteiger partial charge < -0.3 is 14.9 Å². The second-order valence-corrected chi connectivity index (χ2v) is 7.85. The molecule has 26 heavy (non-hydrogen) atoms. The Morgan fingerprint density at radius 3 is 1.92 bits per heavy atom. The molecule has 0 saturated heterocycles. The Labute approximate surface area is 158 Å². The molecule has 0 radical (unpaired) electrons. The number of ketones is 1. The third kappa shape index (κ3) is 7.20. The van der Waals surface area contributed by atoms with Gasteiger partial charge in [0.15, 0.2) is 0 Å². The second-order valence-electron chi connectivity index (χ2n) is 7.85. The molecule has 0 saturated carbocycles. The summed E-state index contributed by atoms with van der Waals surface area (Å²) < 4.78 is 4.68. The molecule has 5 nitrogen and oxygen atoms in total. The first-order valence-corrected chi connectivity index (χ1v) is 9.62. The van der Waals surface area contributed by atoms with Crippen molar-refractivity contribution in [1.82, 2.24) is 0 Å². The number of allylic oxidation sites excluding steroid dienone is 2. The first-order valence-electron chi connectivity index (χ1n) is 9.62. The van der Waals surface area contributed by atoms with Crippen LogP contribution in [0.5, 0.6) is 0 Å². The van der Waals surface area contributed by atoms with Gasteiger partial charge >= 0.3 is 5.97 Å². The molecule has 0 bridgehead atoms. The van der Waals surface area contributed by atoms with E-state index in [1.807, 2.05) is 40.7 Å². The van der Waals surface area contributed by atoms with Crippen LogP contribution < -0.4 is 0 Å². The highest BCUT2D eigenvalue weighted by Crippen LogP contribution is 2.24. The molecular formula is C21H38O5. The number of carbonyl (C=O) groups is 2. The van der Waals surface area contributed by atoms with E-state index in [1.165, 1.54) is 7.11 Å². The molecule has 0 aromatic heterocycles. The van der Waals surface area contributed by atoms with Gasteiger partial charge in [0, 0.05) is 11.8 Å². The lowest BCUT2D eigenvalue weighted by Crippen LogP contribution is -2.34. The van der Waals surface area contributed by atoms with Crippen LogP contribution in [0.1, 0.15) is 61.3 Å². The predicted molar refractivity (Wildman–Crippen MR) is 104 cm³/mol. The van der Waals surface area contributed by atoms with Gasteiger partial charge in [-0.05, 0) is 32.1 Å². The normalized spacial score (nSPS) is 20.5. The smallest absolute Gasteiger partial charge is 0.311 e. The highest BCUT2D eigenvalue weighted by atomic mass is 16.5. The van der Waals surface area contributed by atoms with Gasteiger partial charge in [0.1, 0.15) is 5.78 Å². The number of carbonyl (C=O) groups excluding carboxylic acids is 2. The maximum Gasteiger partial charge on any atom is 0.311 e. The van der Waals surface area contributed by atoms with E-state index >= 15 is 0 Å². The van der Waals surface area contributed by atoms with Crippen LogP contribution >= 0.6 is 0 Å². The summed E-state index contributed by atoms with van der Waals surface area (Å²) >= 11 is 0. The first kappa shape index (κ1) is 24.8. The summed E-state index contributed by atoms with van der Waals surface area (Å²) in [5, 5.41) is 20.6. The monoisotopic (exact) mass is 370 g/mol. The van der Waals surface area contributed by atoms with E-state index in [1.54, 1.807) is 13.8 Å². The number of aliphatic hydroxyl groups excluding tert-OH is 2. The number of aliphatic hydroxyl groups is 2. The quantitative estimate of drug-likeness (QED) is 0.430. The van der Waals surface area contributed by atoms with Crippen LogP contribution in [0, 0.1) is 29.6 Å². The van der Waals surface area contributed by atoms with Gasteiger partial charge in [-0.15, -0.1) is 0 Å². The number of methoxy groups -OCH3 is 1. The molecule has 0 unspecified atom stereocenters. The highest BCUT2D eigenvalue weighted by molar-refractivity contribution is 5.85. The number of Topliss-reactive ketones (excluding diaryl/α,β-unsaturated/α-hetero) is 1. The van der Waals surface area contributed by atoms with Gasteiger partial charge in [-0.25, -0.2) is 0 Å². The highest BCUT2D eigenvalue weighted by Gasteiger charge is 2.29. The Hall–Kier alpha value is -1.20. The van der Waals surface area contributed by atoms with E-state index in [2.05, 4.69) is 4.74 Å². The van der Waals surface area contributed by atoms with Crippen LogP contribution in [0.25, 0.3) is 0 Å². The summed E-state index contributed by atoms with van der Waals surface area (Å²) in [5.41, 5.74) is 0.986. The largest absolute Gasteiger partial charge is 0.469 e. The van der Waals surface area contributed by atoms with Crippen molar-refractivity contribution in [2.45, 2.75) is 73.5 Å². The molecule has 152 valence electrons. The van der Waals surface area contributed by atoms with Gasteiger partial charge in [0.25, 0.3) is 0 Å². The molecule has 0 aliphatic rings. The molecule has 0 aliphatic carbocycles. The third-order valence-corrected chi connectivity index (χ3v) is 5.48. The molecule has 0 aliphatic heterocycles. The van der Waals surface area contributed by atoms with Crippen LogP contribution in [0.3, 0.4) is 0 Å². The molecule has 0 fully saturated rings. The molecule has 0 heterocycles. The zero-order valence-electron chi connectivity index (χ0n) is 17.7. The first-order chi connectivity index (χ1) is 12.0. The van der Waals surface area contributed by atoms with Crippen molar-refractivity contribution < 1.29 is 24.5 Å². The Morgan fingerprint density at radius 1 is 0.962 bits per heavy atom. The van der Waals surface area contributed by atoms with Crippen LogP contribution in [0.2, 0.25) is 0 Å². The van der Waals surface area contributed by atoms with Crippen molar-refractivity contribution in [2.24, 2.45) is 29.6 Å². The van der Waals surface area contributed by atoms with Crippen LogP contribution in [0.4, 0.5) is 0 Å². The van der Waals surface area contributed by atoms with Crippen molar-refractivity contribution >= 4 is 11.8 Å². The summed E-state index contributed by atoms with van der Waals surface area (Å²) in [4.78, 5) is 24.1. The molecule has 7 atom stereocenters. The van der Waals surface area contributed by atoms with Crippen molar-refractivity contribution in [3.8, 4) is 0 Å². The van der Waals surface area contributed by atoms with E-state index in [9.17, 15) is 19.8 Å². The van der Waals surface area contributed by atoms with Crippen molar-refractivity contribution in [3.05, 3.63) is 11.6 Å². The van der Waals surface area contributed by atoms with Crippen molar-refractivity contribution in [2.75, 3.05) is 7.11 Å². The maximum absolute atomic E-state index is 12.6. The summed E-state index contributed by atoms with van der Waals surface area (Å²) in [7, 11) is 1.31. The standard InChI is InChI=1S/C21H38O5/c1-9-13(3)18(22)16(6)19(23)14(4)10-12(2)11-15(5)20(24)17(7)21(25)26-8/h10,13-18,20,22,24H,9,11H2,1-8H3/b12-10+/t13-,14+,15-,16-,17-,18-,20+/m1/s1. The topological polar surface area (TPSA) is 83.8 Å². The SMILES string of the molecule is CC[C@@H](C)[C@@H](O)[C@@H](C)C(=O)[C@@H](C)/C=C(\C)C[C@@H](C)[C@H](O)[C@@H](C)C(=O)OC. The van der Waals surface area contributed by atoms with Crippen LogP contribution in [-0.2, 0) is 14.3 Å². The zero-order chi connectivity index (χ0) is 20.6. The van der Waals surface area contributed by atoms with E-state index in [0.29, 0.717) is 6.42 Å². The number of esters is 1. The Bertz CT molecular complexity index is 485. The van der Waals surface area contributed by atoms with Crippen molar-refractivity contribution in [1.29, 1.82) is 0 Å². The minimum absolute atomic E-state index is 0.0216. The van der Waals surface area contributed by atoms with Crippen LogP contribution in [-0.4, -0.2) is 41.3 Å². The lowest BCUT2D eigenvalue weighted by molar-refractivity contribution is -0.149. The summed E-state index contributed by atoms with van der Waals surface area (Å²) in [5.74, 6) is -1.76. The Morgan fingerprint density at radius 2 is 1.46 bits per heavy atom. The van der Waals surface area contributed by atoms with Gasteiger partial charge in [-0.2, -0.15) is 0 Å². The molecule has 0 rings (SSSR count). The van der Waals surface area contributed by atoms with E-state index in [4.69, 9.17) is 0 Å². The zero-order valence-corrected chi connectivity index (χ0v) is 17.7. The lowest BCUT2D eigenvalue weighted by atomic mass is 9.83. The third-order valence-electron chi connectivity index (χ3n) is 5.48. The van der Waals surface area contributed by atoms with Gasteiger partial charge in [-0.1, -0.05) is 52.7 Å². The minimum Gasteiger partial charge on any atom is -0.469 e. The van der Waals surface area contributed by atoms with E-state index in [-0.39, 0.29) is 23.5 Å². The number of ether oxygens (including phenoxy) is 1. The molecule has 0 aromatic carbocycles. The molecule has 0 aromatic rings. The summed E-state index contributed by atoms with van der Waals surface area (Å²) in [6, 6.07) is 0. The number of rotatable bonds is 11. The van der Waals surface area contributed by atoms with Gasteiger partial charge in [0.2, 0.25) is 0 Å². The number of hydrogen-bond donors (Lipinski definition) is 2. The fourth-order valence-corrected chi connectivity index (χ4v) is 3.34. The fourth-order valence-electron chi connectivity index (χ4n) is 3.34. The molecule has 5 heteroatoms. The summed E-state index contributed by atoms with van der Waals surface area (Å²) in [6.07, 6.45) is 1.88. The minimum atomic E-state index is -0.803.